The molecule has 1 saturated heterocycles. The van der Waals surface area contributed by atoms with Crippen LogP contribution in [0.3, 0.4) is 0 Å². The summed E-state index contributed by atoms with van der Waals surface area (Å²) in [6.45, 7) is 2.86. The molecule has 1 aromatic rings. The lowest BCUT2D eigenvalue weighted by Gasteiger charge is -2.32. The molecule has 0 radical (unpaired) electrons. The third kappa shape index (κ3) is 3.53. The number of nitrogens with one attached hydrogen (secondary N) is 1. The third-order valence-corrected chi connectivity index (χ3v) is 4.52. The number of hydrogen-bond donors (Lipinski definition) is 1. The number of hydrogen-bond acceptors (Lipinski definition) is 2. The lowest BCUT2D eigenvalue weighted by atomic mass is 10.0. The molecule has 3 rings (SSSR count). The minimum Gasteiger partial charge on any atom is -0.339 e. The molecule has 1 saturated carbocycles. The standard InChI is InChI=1S/C16H21ClN2O/c17-14-5-3-13(4-6-14)16(20)19-9-7-15(8-10-19)18-11-12-1-2-12/h3-6,12,15,18H,1-2,7-11H2. The molecule has 3 nitrogen and oxygen atoms in total. The molecule has 108 valence electrons. The van der Waals surface area contributed by atoms with E-state index in [-0.39, 0.29) is 5.91 Å². The van der Waals surface area contributed by atoms with Crippen molar-refractivity contribution < 1.29 is 4.79 Å². The number of carbonyl (C=O) groups excluding carboxylic acids is 1. The van der Waals surface area contributed by atoms with Gasteiger partial charge >= 0.3 is 0 Å². The molecular weight excluding hydrogens is 272 g/mol. The van der Waals surface area contributed by atoms with Gasteiger partial charge in [-0.25, -0.2) is 0 Å². The van der Waals surface area contributed by atoms with Crippen molar-refractivity contribution in [3.8, 4) is 0 Å². The zero-order chi connectivity index (χ0) is 13.9. The average molecular weight is 293 g/mol. The van der Waals surface area contributed by atoms with E-state index in [9.17, 15) is 4.79 Å². The maximum Gasteiger partial charge on any atom is 0.253 e. The number of carbonyl (C=O) groups is 1. The first kappa shape index (κ1) is 13.9. The van der Waals surface area contributed by atoms with E-state index >= 15 is 0 Å². The van der Waals surface area contributed by atoms with E-state index in [1.54, 1.807) is 12.1 Å². The molecular formula is C16H21ClN2O. The summed E-state index contributed by atoms with van der Waals surface area (Å²) in [5, 5.41) is 4.31. The van der Waals surface area contributed by atoms with Crippen LogP contribution in [0.15, 0.2) is 24.3 Å². The summed E-state index contributed by atoms with van der Waals surface area (Å²) in [6, 6.07) is 7.76. The van der Waals surface area contributed by atoms with Crippen molar-refractivity contribution in [1.29, 1.82) is 0 Å². The molecule has 20 heavy (non-hydrogen) atoms. The fraction of sp³-hybridized carbons (Fsp3) is 0.562. The maximum atomic E-state index is 12.4. The van der Waals surface area contributed by atoms with Gasteiger partial charge in [0.15, 0.2) is 0 Å². The molecule has 0 unspecified atom stereocenters. The lowest BCUT2D eigenvalue weighted by Crippen LogP contribution is -2.45. The average Bonchev–Trinajstić information content (AvgIpc) is 3.30. The zero-order valence-electron chi connectivity index (χ0n) is 11.6. The molecule has 0 atom stereocenters. The minimum atomic E-state index is 0.127. The molecule has 1 aliphatic heterocycles. The smallest absolute Gasteiger partial charge is 0.253 e. The number of piperidine rings is 1. The SMILES string of the molecule is O=C(c1ccc(Cl)cc1)N1CCC(NCC2CC2)CC1. The second-order valence-electron chi connectivity index (χ2n) is 5.92. The van der Waals surface area contributed by atoms with Gasteiger partial charge in [-0.1, -0.05) is 11.6 Å². The monoisotopic (exact) mass is 292 g/mol. The van der Waals surface area contributed by atoms with Gasteiger partial charge in [-0.15, -0.1) is 0 Å². The Morgan fingerprint density at radius 2 is 1.80 bits per heavy atom. The van der Waals surface area contributed by atoms with Gasteiger partial charge in [0, 0.05) is 29.7 Å². The van der Waals surface area contributed by atoms with Crippen LogP contribution in [0.5, 0.6) is 0 Å². The molecule has 1 heterocycles. The molecule has 0 spiro atoms. The van der Waals surface area contributed by atoms with Crippen molar-refractivity contribution in [2.45, 2.75) is 31.7 Å². The molecule has 0 bridgehead atoms. The van der Waals surface area contributed by atoms with Crippen molar-refractivity contribution in [1.82, 2.24) is 10.2 Å². The number of likely N-dealkylation sites (tertiary alicyclic amines) is 1. The highest BCUT2D eigenvalue weighted by Gasteiger charge is 2.26. The first-order valence-corrected chi connectivity index (χ1v) is 7.88. The largest absolute Gasteiger partial charge is 0.339 e. The van der Waals surface area contributed by atoms with E-state index in [2.05, 4.69) is 5.32 Å². The Labute approximate surface area is 125 Å². The van der Waals surface area contributed by atoms with Crippen LogP contribution in [-0.4, -0.2) is 36.5 Å². The molecule has 1 N–H and O–H groups in total. The predicted molar refractivity (Wildman–Crippen MR) is 81.1 cm³/mol. The second kappa shape index (κ2) is 6.15. The Morgan fingerprint density at radius 3 is 2.40 bits per heavy atom. The Balaban J connectivity index is 1.49. The maximum absolute atomic E-state index is 12.4. The van der Waals surface area contributed by atoms with E-state index < -0.39 is 0 Å². The van der Waals surface area contributed by atoms with Crippen molar-refractivity contribution >= 4 is 17.5 Å². The lowest BCUT2D eigenvalue weighted by molar-refractivity contribution is 0.0705. The van der Waals surface area contributed by atoms with Gasteiger partial charge in [-0.05, 0) is 62.4 Å². The Hall–Kier alpha value is -1.06. The van der Waals surface area contributed by atoms with E-state index in [1.165, 1.54) is 12.8 Å². The van der Waals surface area contributed by atoms with Crippen molar-refractivity contribution in [2.75, 3.05) is 19.6 Å². The molecule has 1 aliphatic carbocycles. The number of amides is 1. The van der Waals surface area contributed by atoms with Crippen LogP contribution in [0.2, 0.25) is 5.02 Å². The molecule has 4 heteroatoms. The summed E-state index contributed by atoms with van der Waals surface area (Å²) < 4.78 is 0. The fourth-order valence-corrected chi connectivity index (χ4v) is 2.84. The van der Waals surface area contributed by atoms with Crippen LogP contribution in [-0.2, 0) is 0 Å². The van der Waals surface area contributed by atoms with Gasteiger partial charge in [-0.2, -0.15) is 0 Å². The fourth-order valence-electron chi connectivity index (χ4n) is 2.72. The number of rotatable bonds is 4. The Bertz CT molecular complexity index is 462. The van der Waals surface area contributed by atoms with Gasteiger partial charge in [0.2, 0.25) is 0 Å². The van der Waals surface area contributed by atoms with E-state index in [1.807, 2.05) is 17.0 Å². The summed E-state index contributed by atoms with van der Waals surface area (Å²) in [5.74, 6) is 1.05. The molecule has 1 aromatic carbocycles. The van der Waals surface area contributed by atoms with E-state index in [0.717, 1.165) is 44.0 Å². The van der Waals surface area contributed by atoms with Crippen molar-refractivity contribution in [2.24, 2.45) is 5.92 Å². The Morgan fingerprint density at radius 1 is 1.15 bits per heavy atom. The van der Waals surface area contributed by atoms with Crippen LogP contribution >= 0.6 is 11.6 Å². The number of nitrogens with zero attached hydrogens (tertiary/aromatic N) is 1. The topological polar surface area (TPSA) is 32.3 Å². The van der Waals surface area contributed by atoms with Crippen molar-refractivity contribution in [3.63, 3.8) is 0 Å². The van der Waals surface area contributed by atoms with Gasteiger partial charge in [-0.3, -0.25) is 4.79 Å². The van der Waals surface area contributed by atoms with Crippen LogP contribution in [0.25, 0.3) is 0 Å². The normalized spacial score (nSPS) is 20.1. The Kier molecular flexibility index (Phi) is 4.27. The van der Waals surface area contributed by atoms with Gasteiger partial charge in [0.25, 0.3) is 5.91 Å². The van der Waals surface area contributed by atoms with E-state index in [4.69, 9.17) is 11.6 Å². The van der Waals surface area contributed by atoms with Gasteiger partial charge in [0.05, 0.1) is 0 Å². The highest BCUT2D eigenvalue weighted by atomic mass is 35.5. The van der Waals surface area contributed by atoms with Crippen LogP contribution < -0.4 is 5.32 Å². The van der Waals surface area contributed by atoms with Crippen LogP contribution in [0.4, 0.5) is 0 Å². The first-order valence-electron chi connectivity index (χ1n) is 7.50. The van der Waals surface area contributed by atoms with E-state index in [0.29, 0.717) is 11.1 Å². The molecule has 2 fully saturated rings. The number of benzene rings is 1. The highest BCUT2D eigenvalue weighted by Crippen LogP contribution is 2.28. The first-order chi connectivity index (χ1) is 9.72. The molecule has 0 aromatic heterocycles. The summed E-state index contributed by atoms with van der Waals surface area (Å²) in [6.07, 6.45) is 4.90. The predicted octanol–water partition coefficient (Wildman–Crippen LogP) is 2.94. The minimum absolute atomic E-state index is 0.127. The van der Waals surface area contributed by atoms with Crippen LogP contribution in [0, 0.1) is 5.92 Å². The summed E-state index contributed by atoms with van der Waals surface area (Å²) in [4.78, 5) is 14.3. The summed E-state index contributed by atoms with van der Waals surface area (Å²) in [5.41, 5.74) is 0.735. The van der Waals surface area contributed by atoms with Gasteiger partial charge in [0.1, 0.15) is 0 Å². The molecule has 1 amide bonds. The third-order valence-electron chi connectivity index (χ3n) is 4.27. The summed E-state index contributed by atoms with van der Waals surface area (Å²) >= 11 is 5.85. The van der Waals surface area contributed by atoms with Crippen molar-refractivity contribution in [3.05, 3.63) is 34.9 Å². The zero-order valence-corrected chi connectivity index (χ0v) is 12.4. The number of halogens is 1. The summed E-state index contributed by atoms with van der Waals surface area (Å²) in [7, 11) is 0. The molecule has 2 aliphatic rings. The van der Waals surface area contributed by atoms with Gasteiger partial charge < -0.3 is 10.2 Å². The highest BCUT2D eigenvalue weighted by molar-refractivity contribution is 6.30. The quantitative estimate of drug-likeness (QED) is 0.925. The second-order valence-corrected chi connectivity index (χ2v) is 6.36. The van der Waals surface area contributed by atoms with Crippen LogP contribution in [0.1, 0.15) is 36.0 Å².